The fourth-order valence-corrected chi connectivity index (χ4v) is 3.57. The van der Waals surface area contributed by atoms with E-state index in [0.717, 1.165) is 5.57 Å². The summed E-state index contributed by atoms with van der Waals surface area (Å²) in [4.78, 5) is 35.1. The van der Waals surface area contributed by atoms with Gasteiger partial charge in [-0.15, -0.1) is 0 Å². The highest BCUT2D eigenvalue weighted by atomic mass is 16.5. The van der Waals surface area contributed by atoms with Crippen LogP contribution in [0.15, 0.2) is 48.1 Å². The van der Waals surface area contributed by atoms with Crippen molar-refractivity contribution < 1.29 is 29.0 Å². The molecule has 0 aromatic heterocycles. The zero-order valence-corrected chi connectivity index (χ0v) is 16.8. The number of carbonyl (C=O) groups is 3. The molecule has 28 heavy (non-hydrogen) atoms. The summed E-state index contributed by atoms with van der Waals surface area (Å²) in [5, 5.41) is 9.95. The molecule has 6 nitrogen and oxygen atoms in total. The summed E-state index contributed by atoms with van der Waals surface area (Å²) in [5.41, 5.74) is 0.431. The molecule has 0 bridgehead atoms. The number of ether oxygens (including phenoxy) is 2. The zero-order valence-electron chi connectivity index (χ0n) is 16.8. The number of methoxy groups -OCH3 is 1. The molecule has 0 aliphatic heterocycles. The molecule has 2 aliphatic carbocycles. The number of allylic oxidation sites excluding steroid dienone is 5. The molecule has 0 amide bonds. The van der Waals surface area contributed by atoms with Crippen LogP contribution in [0, 0.1) is 17.3 Å². The molecule has 0 heterocycles. The van der Waals surface area contributed by atoms with Crippen molar-refractivity contribution in [1.29, 1.82) is 0 Å². The van der Waals surface area contributed by atoms with E-state index in [1.807, 2.05) is 26.8 Å². The van der Waals surface area contributed by atoms with Crippen LogP contribution in [0.3, 0.4) is 0 Å². The molecule has 152 valence electrons. The van der Waals surface area contributed by atoms with Gasteiger partial charge in [0.15, 0.2) is 5.78 Å². The topological polar surface area (TPSA) is 89.9 Å². The molecule has 0 radical (unpaired) electrons. The first-order valence-corrected chi connectivity index (χ1v) is 9.42. The molecule has 0 fully saturated rings. The summed E-state index contributed by atoms with van der Waals surface area (Å²) in [6.07, 6.45) is 10.6. The molecule has 5 atom stereocenters. The van der Waals surface area contributed by atoms with E-state index in [1.165, 1.54) is 19.3 Å². The Labute approximate surface area is 165 Å². The largest absolute Gasteiger partial charge is 0.469 e. The highest BCUT2D eigenvalue weighted by Gasteiger charge is 2.46. The Hall–Kier alpha value is -2.47. The predicted molar refractivity (Wildman–Crippen MR) is 104 cm³/mol. The van der Waals surface area contributed by atoms with Gasteiger partial charge in [-0.05, 0) is 30.1 Å². The van der Waals surface area contributed by atoms with Crippen molar-refractivity contribution in [2.45, 2.75) is 45.8 Å². The number of esters is 2. The Morgan fingerprint density at radius 2 is 2.11 bits per heavy atom. The van der Waals surface area contributed by atoms with Crippen LogP contribution in [0.2, 0.25) is 0 Å². The first-order valence-electron chi connectivity index (χ1n) is 9.42. The number of aliphatic hydroxyl groups is 1. The minimum atomic E-state index is -1.02. The molecular formula is C22H28O6. The lowest BCUT2D eigenvalue weighted by Gasteiger charge is -2.45. The summed E-state index contributed by atoms with van der Waals surface area (Å²) < 4.78 is 10.2. The van der Waals surface area contributed by atoms with Crippen LogP contribution in [-0.2, 0) is 23.9 Å². The maximum Gasteiger partial charge on any atom is 0.331 e. The first kappa shape index (κ1) is 21.8. The Morgan fingerprint density at radius 3 is 2.79 bits per heavy atom. The third kappa shape index (κ3) is 5.07. The lowest BCUT2D eigenvalue weighted by molar-refractivity contribution is -0.146. The van der Waals surface area contributed by atoms with Crippen LogP contribution in [0.4, 0.5) is 0 Å². The monoisotopic (exact) mass is 388 g/mol. The molecule has 2 aliphatic rings. The van der Waals surface area contributed by atoms with Crippen molar-refractivity contribution in [3.8, 4) is 0 Å². The number of carbonyl (C=O) groups excluding carboxylic acids is 3. The number of hydrogen-bond acceptors (Lipinski definition) is 6. The molecular weight excluding hydrogens is 360 g/mol. The molecule has 0 spiro atoms. The van der Waals surface area contributed by atoms with Gasteiger partial charge in [0.1, 0.15) is 12.2 Å². The predicted octanol–water partition coefficient (Wildman–Crippen LogP) is 2.68. The SMILES string of the molecule is COC(=O)CC(C)/C=C/C=C/C(=O)O[C@H]1C=CC2=CC(=O)[C@H](O)C[C@]2(C)[C@H]1C. The standard InChI is InChI=1S/C22H28O6/c1-14(11-21(26)27-4)7-5-6-8-20(25)28-19-10-9-16-12-17(23)18(24)13-22(16,3)15(19)2/h5-10,12,14-15,18-19,24H,11,13H2,1-4H3/b7-5+,8-6+/t14?,15-,18+,19-,22+/m0/s1. The van der Waals surface area contributed by atoms with E-state index < -0.39 is 23.6 Å². The molecule has 1 N–H and O–H groups in total. The normalized spacial score (nSPS) is 30.8. The fraction of sp³-hybridized carbons (Fsp3) is 0.500. The van der Waals surface area contributed by atoms with Crippen LogP contribution in [-0.4, -0.2) is 42.1 Å². The molecule has 0 aromatic rings. The lowest BCUT2D eigenvalue weighted by Crippen LogP contribution is -2.45. The quantitative estimate of drug-likeness (QED) is 0.427. The minimum Gasteiger partial charge on any atom is -0.469 e. The van der Waals surface area contributed by atoms with Gasteiger partial charge in [0.2, 0.25) is 0 Å². The number of ketones is 1. The van der Waals surface area contributed by atoms with Gasteiger partial charge in [-0.2, -0.15) is 0 Å². The van der Waals surface area contributed by atoms with E-state index >= 15 is 0 Å². The second kappa shape index (κ2) is 9.15. The number of rotatable bonds is 6. The van der Waals surface area contributed by atoms with E-state index in [1.54, 1.807) is 24.3 Å². The molecule has 2 rings (SSSR count). The Kier molecular flexibility index (Phi) is 7.13. The maximum absolute atomic E-state index is 12.1. The molecule has 0 aromatic carbocycles. The summed E-state index contributed by atoms with van der Waals surface area (Å²) in [5.74, 6) is -1.12. The van der Waals surface area contributed by atoms with E-state index in [9.17, 15) is 19.5 Å². The molecule has 0 saturated carbocycles. The Bertz CT molecular complexity index is 744. The third-order valence-electron chi connectivity index (χ3n) is 5.62. The van der Waals surface area contributed by atoms with Gasteiger partial charge >= 0.3 is 11.9 Å². The number of fused-ring (bicyclic) bond motifs is 1. The van der Waals surface area contributed by atoms with Crippen LogP contribution < -0.4 is 0 Å². The van der Waals surface area contributed by atoms with E-state index in [4.69, 9.17) is 4.74 Å². The van der Waals surface area contributed by atoms with Gasteiger partial charge in [0.25, 0.3) is 0 Å². The van der Waals surface area contributed by atoms with Gasteiger partial charge in [-0.1, -0.05) is 45.1 Å². The second-order valence-electron chi connectivity index (χ2n) is 7.69. The van der Waals surface area contributed by atoms with E-state index in [-0.39, 0.29) is 30.0 Å². The summed E-state index contributed by atoms with van der Waals surface area (Å²) in [7, 11) is 1.35. The van der Waals surface area contributed by atoms with Crippen LogP contribution >= 0.6 is 0 Å². The Balaban J connectivity index is 1.96. The van der Waals surface area contributed by atoms with Crippen molar-refractivity contribution >= 4 is 17.7 Å². The highest BCUT2D eigenvalue weighted by Crippen LogP contribution is 2.48. The first-order chi connectivity index (χ1) is 13.2. The van der Waals surface area contributed by atoms with Gasteiger partial charge in [-0.25, -0.2) is 4.79 Å². The lowest BCUT2D eigenvalue weighted by atomic mass is 9.61. The van der Waals surface area contributed by atoms with Gasteiger partial charge in [-0.3, -0.25) is 9.59 Å². The van der Waals surface area contributed by atoms with Crippen LogP contribution in [0.25, 0.3) is 0 Å². The van der Waals surface area contributed by atoms with Gasteiger partial charge in [0.05, 0.1) is 13.5 Å². The van der Waals surface area contributed by atoms with Gasteiger partial charge < -0.3 is 14.6 Å². The molecule has 6 heteroatoms. The van der Waals surface area contributed by atoms with Crippen molar-refractivity contribution in [1.82, 2.24) is 0 Å². The zero-order chi connectivity index (χ0) is 20.9. The van der Waals surface area contributed by atoms with Crippen molar-refractivity contribution in [3.63, 3.8) is 0 Å². The van der Waals surface area contributed by atoms with Crippen molar-refractivity contribution in [3.05, 3.63) is 48.1 Å². The molecule has 1 unspecified atom stereocenters. The van der Waals surface area contributed by atoms with Crippen molar-refractivity contribution in [2.75, 3.05) is 7.11 Å². The summed E-state index contributed by atoms with van der Waals surface area (Å²) in [6.45, 7) is 5.81. The van der Waals surface area contributed by atoms with E-state index in [0.29, 0.717) is 6.42 Å². The maximum atomic E-state index is 12.1. The molecule has 0 saturated heterocycles. The van der Waals surface area contributed by atoms with Gasteiger partial charge in [0, 0.05) is 17.4 Å². The fourth-order valence-electron chi connectivity index (χ4n) is 3.57. The van der Waals surface area contributed by atoms with Crippen molar-refractivity contribution in [2.24, 2.45) is 17.3 Å². The average molecular weight is 388 g/mol. The van der Waals surface area contributed by atoms with E-state index in [2.05, 4.69) is 4.74 Å². The third-order valence-corrected chi connectivity index (χ3v) is 5.62. The Morgan fingerprint density at radius 1 is 1.39 bits per heavy atom. The van der Waals surface area contributed by atoms with Crippen LogP contribution in [0.1, 0.15) is 33.6 Å². The average Bonchev–Trinajstić information content (AvgIpc) is 2.64. The number of aliphatic hydroxyl groups excluding tert-OH is 1. The highest BCUT2D eigenvalue weighted by molar-refractivity contribution is 5.96. The summed E-state index contributed by atoms with van der Waals surface area (Å²) >= 11 is 0. The van der Waals surface area contributed by atoms with Crippen LogP contribution in [0.5, 0.6) is 0 Å². The minimum absolute atomic E-state index is 0.0000164. The number of hydrogen-bond donors (Lipinski definition) is 1. The summed E-state index contributed by atoms with van der Waals surface area (Å²) in [6, 6.07) is 0. The smallest absolute Gasteiger partial charge is 0.331 e. The second-order valence-corrected chi connectivity index (χ2v) is 7.69.